The SMILES string of the molecule is CCN(CC)CCOC(=O)c1c(C)nn2c3ccccc3n(C)c12. The first-order chi connectivity index (χ1) is 11.6. The molecule has 3 aromatic rings. The van der Waals surface area contributed by atoms with Crippen LogP contribution in [0.1, 0.15) is 29.9 Å². The molecular formula is C18H24N4O2. The molecule has 0 fully saturated rings. The van der Waals surface area contributed by atoms with Crippen molar-refractivity contribution in [2.45, 2.75) is 20.8 Å². The molecule has 128 valence electrons. The minimum atomic E-state index is -0.305. The van der Waals surface area contributed by atoms with Crippen LogP contribution >= 0.6 is 0 Å². The number of ether oxygens (including phenoxy) is 1. The van der Waals surface area contributed by atoms with Crippen LogP contribution < -0.4 is 0 Å². The molecule has 0 saturated carbocycles. The lowest BCUT2D eigenvalue weighted by molar-refractivity contribution is 0.0467. The van der Waals surface area contributed by atoms with Gasteiger partial charge in [-0.05, 0) is 32.1 Å². The summed E-state index contributed by atoms with van der Waals surface area (Å²) in [6.07, 6.45) is 0. The highest BCUT2D eigenvalue weighted by molar-refractivity contribution is 5.99. The Morgan fingerprint density at radius 1 is 1.21 bits per heavy atom. The molecule has 0 aliphatic carbocycles. The van der Waals surface area contributed by atoms with E-state index >= 15 is 0 Å². The third-order valence-electron chi connectivity index (χ3n) is 4.56. The van der Waals surface area contributed by atoms with Crippen LogP contribution in [-0.4, -0.2) is 51.3 Å². The molecule has 0 atom stereocenters. The van der Waals surface area contributed by atoms with Gasteiger partial charge in [0.15, 0.2) is 5.65 Å². The molecule has 0 bridgehead atoms. The molecule has 0 N–H and O–H groups in total. The van der Waals surface area contributed by atoms with Crippen LogP contribution in [0.3, 0.4) is 0 Å². The van der Waals surface area contributed by atoms with E-state index in [1.54, 1.807) is 0 Å². The van der Waals surface area contributed by atoms with Crippen molar-refractivity contribution in [1.29, 1.82) is 0 Å². The fraction of sp³-hybridized carbons (Fsp3) is 0.444. The second kappa shape index (κ2) is 6.65. The van der Waals surface area contributed by atoms with E-state index in [2.05, 4.69) is 23.8 Å². The Kier molecular flexibility index (Phi) is 4.57. The number of likely N-dealkylation sites (N-methyl/N-ethyl adjacent to an activating group) is 1. The molecule has 0 radical (unpaired) electrons. The summed E-state index contributed by atoms with van der Waals surface area (Å²) < 4.78 is 9.33. The Hall–Kier alpha value is -2.34. The van der Waals surface area contributed by atoms with Gasteiger partial charge in [0.25, 0.3) is 0 Å². The fourth-order valence-corrected chi connectivity index (χ4v) is 3.15. The minimum absolute atomic E-state index is 0.305. The number of benzene rings is 1. The number of imidazole rings is 1. The Morgan fingerprint density at radius 3 is 2.54 bits per heavy atom. The molecule has 0 spiro atoms. The van der Waals surface area contributed by atoms with Crippen molar-refractivity contribution in [2.24, 2.45) is 7.05 Å². The average molecular weight is 328 g/mol. The third kappa shape index (κ3) is 2.67. The predicted molar refractivity (Wildman–Crippen MR) is 94.5 cm³/mol. The number of fused-ring (bicyclic) bond motifs is 3. The van der Waals surface area contributed by atoms with Gasteiger partial charge in [0.2, 0.25) is 0 Å². The summed E-state index contributed by atoms with van der Waals surface area (Å²) in [6, 6.07) is 7.98. The topological polar surface area (TPSA) is 51.8 Å². The van der Waals surface area contributed by atoms with Crippen LogP contribution in [0, 0.1) is 6.92 Å². The van der Waals surface area contributed by atoms with Crippen LogP contribution in [0.4, 0.5) is 0 Å². The van der Waals surface area contributed by atoms with Crippen molar-refractivity contribution in [3.8, 4) is 0 Å². The first-order valence-corrected chi connectivity index (χ1v) is 8.40. The number of nitrogens with zero attached hydrogens (tertiary/aromatic N) is 4. The lowest BCUT2D eigenvalue weighted by Gasteiger charge is -2.17. The van der Waals surface area contributed by atoms with Gasteiger partial charge in [0.05, 0.1) is 16.7 Å². The Balaban J connectivity index is 1.91. The molecule has 6 heteroatoms. The maximum atomic E-state index is 12.6. The number of carbonyl (C=O) groups is 1. The van der Waals surface area contributed by atoms with Gasteiger partial charge in [-0.3, -0.25) is 0 Å². The average Bonchev–Trinajstić information content (AvgIpc) is 3.07. The van der Waals surface area contributed by atoms with Crippen LogP contribution in [0.5, 0.6) is 0 Å². The standard InChI is InChI=1S/C18H24N4O2/c1-5-21(6-2)11-12-24-18(23)16-13(3)19-22-15-10-8-7-9-14(15)20(4)17(16)22/h7-10H,5-6,11-12H2,1-4H3. The number of aromatic nitrogens is 3. The quantitative estimate of drug-likeness (QED) is 0.653. The van der Waals surface area contributed by atoms with E-state index in [0.717, 1.165) is 36.3 Å². The Bertz CT molecular complexity index is 874. The van der Waals surface area contributed by atoms with Crippen molar-refractivity contribution >= 4 is 22.6 Å². The summed E-state index contributed by atoms with van der Waals surface area (Å²) in [5, 5.41) is 4.54. The molecule has 6 nitrogen and oxygen atoms in total. The third-order valence-corrected chi connectivity index (χ3v) is 4.56. The van der Waals surface area contributed by atoms with Crippen LogP contribution in [-0.2, 0) is 11.8 Å². The highest BCUT2D eigenvalue weighted by atomic mass is 16.5. The first kappa shape index (κ1) is 16.5. The van der Waals surface area contributed by atoms with E-state index in [4.69, 9.17) is 4.74 Å². The number of rotatable bonds is 6. The van der Waals surface area contributed by atoms with Gasteiger partial charge in [-0.25, -0.2) is 9.31 Å². The Morgan fingerprint density at radius 2 is 1.88 bits per heavy atom. The molecule has 1 aromatic carbocycles. The highest BCUT2D eigenvalue weighted by Crippen LogP contribution is 2.24. The van der Waals surface area contributed by atoms with Crippen molar-refractivity contribution in [1.82, 2.24) is 19.1 Å². The van der Waals surface area contributed by atoms with Crippen LogP contribution in [0.25, 0.3) is 16.7 Å². The van der Waals surface area contributed by atoms with Gasteiger partial charge in [0.1, 0.15) is 12.2 Å². The van der Waals surface area contributed by atoms with E-state index in [9.17, 15) is 4.79 Å². The summed E-state index contributed by atoms with van der Waals surface area (Å²) in [7, 11) is 1.95. The first-order valence-electron chi connectivity index (χ1n) is 8.40. The molecular weight excluding hydrogens is 304 g/mol. The lowest BCUT2D eigenvalue weighted by atomic mass is 10.2. The van der Waals surface area contributed by atoms with Gasteiger partial charge < -0.3 is 14.2 Å². The fourth-order valence-electron chi connectivity index (χ4n) is 3.15. The summed E-state index contributed by atoms with van der Waals surface area (Å²) in [5.41, 5.74) is 4.05. The number of para-hydroxylation sites is 2. The van der Waals surface area contributed by atoms with Gasteiger partial charge in [-0.2, -0.15) is 5.10 Å². The number of hydrogen-bond acceptors (Lipinski definition) is 4. The molecule has 0 aliphatic rings. The van der Waals surface area contributed by atoms with Crippen LogP contribution in [0.15, 0.2) is 24.3 Å². The smallest absolute Gasteiger partial charge is 0.343 e. The van der Waals surface area contributed by atoms with E-state index in [-0.39, 0.29) is 5.97 Å². The summed E-state index contributed by atoms with van der Waals surface area (Å²) in [5.74, 6) is -0.305. The number of aryl methyl sites for hydroxylation is 2. The van der Waals surface area contributed by atoms with Crippen molar-refractivity contribution in [3.63, 3.8) is 0 Å². The lowest BCUT2D eigenvalue weighted by Crippen LogP contribution is -2.28. The highest BCUT2D eigenvalue weighted by Gasteiger charge is 2.23. The monoisotopic (exact) mass is 328 g/mol. The second-order valence-electron chi connectivity index (χ2n) is 5.91. The molecule has 3 rings (SSSR count). The minimum Gasteiger partial charge on any atom is -0.461 e. The zero-order chi connectivity index (χ0) is 17.3. The molecule has 2 aromatic heterocycles. The maximum absolute atomic E-state index is 12.6. The largest absolute Gasteiger partial charge is 0.461 e. The second-order valence-corrected chi connectivity index (χ2v) is 5.91. The van der Waals surface area contributed by atoms with E-state index in [0.29, 0.717) is 17.9 Å². The van der Waals surface area contributed by atoms with Gasteiger partial charge in [-0.1, -0.05) is 26.0 Å². The van der Waals surface area contributed by atoms with Crippen molar-refractivity contribution < 1.29 is 9.53 Å². The molecule has 24 heavy (non-hydrogen) atoms. The van der Waals surface area contributed by atoms with Crippen molar-refractivity contribution in [3.05, 3.63) is 35.5 Å². The normalized spacial score (nSPS) is 11.7. The van der Waals surface area contributed by atoms with Gasteiger partial charge >= 0.3 is 5.97 Å². The van der Waals surface area contributed by atoms with E-state index in [1.807, 2.05) is 47.3 Å². The molecule has 0 amide bonds. The zero-order valence-corrected chi connectivity index (χ0v) is 14.7. The van der Waals surface area contributed by atoms with E-state index < -0.39 is 0 Å². The number of hydrogen-bond donors (Lipinski definition) is 0. The van der Waals surface area contributed by atoms with Crippen molar-refractivity contribution in [2.75, 3.05) is 26.2 Å². The molecule has 2 heterocycles. The zero-order valence-electron chi connectivity index (χ0n) is 14.7. The van der Waals surface area contributed by atoms with Gasteiger partial charge in [0, 0.05) is 13.6 Å². The summed E-state index contributed by atoms with van der Waals surface area (Å²) in [4.78, 5) is 14.8. The van der Waals surface area contributed by atoms with Gasteiger partial charge in [-0.15, -0.1) is 0 Å². The molecule has 0 aliphatic heterocycles. The molecule has 0 saturated heterocycles. The van der Waals surface area contributed by atoms with E-state index in [1.165, 1.54) is 0 Å². The van der Waals surface area contributed by atoms with Crippen LogP contribution in [0.2, 0.25) is 0 Å². The predicted octanol–water partition coefficient (Wildman–Crippen LogP) is 2.63. The number of carbonyl (C=O) groups excluding carboxylic acids is 1. The molecule has 0 unspecified atom stereocenters. The number of esters is 1. The Labute approximate surface area is 141 Å². The maximum Gasteiger partial charge on any atom is 0.343 e. The summed E-state index contributed by atoms with van der Waals surface area (Å²) >= 11 is 0. The summed E-state index contributed by atoms with van der Waals surface area (Å²) in [6.45, 7) is 9.10.